The lowest BCUT2D eigenvalue weighted by molar-refractivity contribution is 1.03. The Morgan fingerprint density at radius 2 is 2.13 bits per heavy atom. The van der Waals surface area contributed by atoms with Gasteiger partial charge in [-0.25, -0.2) is 0 Å². The van der Waals surface area contributed by atoms with E-state index in [9.17, 15) is 0 Å². The van der Waals surface area contributed by atoms with Crippen LogP contribution in [0.25, 0.3) is 11.3 Å². The third kappa shape index (κ3) is 2.16. The Morgan fingerprint density at radius 3 is 2.80 bits per heavy atom. The molecule has 15 heavy (non-hydrogen) atoms. The molecule has 0 radical (unpaired) electrons. The minimum absolute atomic E-state index is 0.763. The van der Waals surface area contributed by atoms with Crippen molar-refractivity contribution in [2.75, 3.05) is 0 Å². The molecule has 0 bridgehead atoms. The Balaban J connectivity index is 2.53. The van der Waals surface area contributed by atoms with Gasteiger partial charge in [-0.15, -0.1) is 0 Å². The Morgan fingerprint density at radius 1 is 1.27 bits per heavy atom. The second-order valence-electron chi connectivity index (χ2n) is 3.26. The van der Waals surface area contributed by atoms with E-state index in [0.29, 0.717) is 0 Å². The van der Waals surface area contributed by atoms with Gasteiger partial charge in [0, 0.05) is 16.8 Å². The third-order valence-electron chi connectivity index (χ3n) is 2.30. The van der Waals surface area contributed by atoms with Gasteiger partial charge in [-0.05, 0) is 36.2 Å². The maximum Gasteiger partial charge on any atom is 0.0932 e. The minimum Gasteiger partial charge on any atom is -0.159 e. The molecular weight excluding hydrogens is 208 g/mol. The summed E-state index contributed by atoms with van der Waals surface area (Å²) in [5, 5.41) is 8.73. The number of aromatic nitrogens is 2. The van der Waals surface area contributed by atoms with Crippen LogP contribution < -0.4 is 0 Å². The zero-order valence-corrected chi connectivity index (χ0v) is 9.20. The van der Waals surface area contributed by atoms with Crippen LogP contribution >= 0.6 is 11.6 Å². The summed E-state index contributed by atoms with van der Waals surface area (Å²) in [4.78, 5) is 0. The van der Waals surface area contributed by atoms with Crippen LogP contribution in [0.1, 0.15) is 12.5 Å². The van der Waals surface area contributed by atoms with Crippen LogP contribution in [0.2, 0.25) is 5.02 Å². The van der Waals surface area contributed by atoms with Crippen LogP contribution in [0.3, 0.4) is 0 Å². The maximum absolute atomic E-state index is 5.95. The van der Waals surface area contributed by atoms with Crippen molar-refractivity contribution in [3.63, 3.8) is 0 Å². The molecule has 0 saturated carbocycles. The van der Waals surface area contributed by atoms with Gasteiger partial charge in [0.1, 0.15) is 0 Å². The largest absolute Gasteiger partial charge is 0.159 e. The number of halogens is 1. The molecule has 0 spiro atoms. The van der Waals surface area contributed by atoms with Crippen LogP contribution in [-0.2, 0) is 6.42 Å². The predicted molar refractivity (Wildman–Crippen MR) is 61.9 cm³/mol. The molecule has 2 rings (SSSR count). The lowest BCUT2D eigenvalue weighted by Crippen LogP contribution is -1.91. The molecule has 2 aromatic rings. The van der Waals surface area contributed by atoms with Gasteiger partial charge < -0.3 is 0 Å². The van der Waals surface area contributed by atoms with Crippen molar-refractivity contribution >= 4 is 11.6 Å². The fraction of sp³-hybridized carbons (Fsp3) is 0.167. The standard InChI is InChI=1S/C12H11ClN2/c1-2-9-8-10(13)5-6-11(9)12-4-3-7-14-15-12/h3-8H,2H2,1H3. The molecule has 0 unspecified atom stereocenters. The minimum atomic E-state index is 0.763. The lowest BCUT2D eigenvalue weighted by Gasteiger charge is -2.06. The van der Waals surface area contributed by atoms with Crippen LogP contribution in [0.4, 0.5) is 0 Å². The molecule has 0 amide bonds. The molecule has 0 saturated heterocycles. The molecule has 1 heterocycles. The summed E-state index contributed by atoms with van der Waals surface area (Å²) >= 11 is 5.95. The highest BCUT2D eigenvalue weighted by Gasteiger charge is 2.05. The topological polar surface area (TPSA) is 25.8 Å². The van der Waals surface area contributed by atoms with Crippen LogP contribution in [0.5, 0.6) is 0 Å². The van der Waals surface area contributed by atoms with Gasteiger partial charge >= 0.3 is 0 Å². The molecule has 0 aliphatic heterocycles. The fourth-order valence-electron chi connectivity index (χ4n) is 1.55. The molecule has 0 aliphatic rings. The summed E-state index contributed by atoms with van der Waals surface area (Å²) in [7, 11) is 0. The molecule has 76 valence electrons. The van der Waals surface area contributed by atoms with Gasteiger partial charge in [-0.3, -0.25) is 0 Å². The second kappa shape index (κ2) is 4.41. The van der Waals surface area contributed by atoms with Gasteiger partial charge in [0.2, 0.25) is 0 Å². The smallest absolute Gasteiger partial charge is 0.0932 e. The highest BCUT2D eigenvalue weighted by Crippen LogP contribution is 2.24. The summed E-state index contributed by atoms with van der Waals surface area (Å²) in [5.74, 6) is 0. The monoisotopic (exact) mass is 218 g/mol. The first-order chi connectivity index (χ1) is 7.31. The molecule has 0 aliphatic carbocycles. The Labute approximate surface area is 93.9 Å². The molecule has 1 aromatic carbocycles. The van der Waals surface area contributed by atoms with Crippen molar-refractivity contribution in [3.8, 4) is 11.3 Å². The zero-order chi connectivity index (χ0) is 10.7. The van der Waals surface area contributed by atoms with Gasteiger partial charge in [0.25, 0.3) is 0 Å². The summed E-state index contributed by atoms with van der Waals surface area (Å²) < 4.78 is 0. The molecule has 2 nitrogen and oxygen atoms in total. The average Bonchev–Trinajstić information content (AvgIpc) is 2.30. The summed E-state index contributed by atoms with van der Waals surface area (Å²) in [6.07, 6.45) is 2.61. The number of benzene rings is 1. The van der Waals surface area contributed by atoms with E-state index in [0.717, 1.165) is 22.7 Å². The van der Waals surface area contributed by atoms with E-state index < -0.39 is 0 Å². The molecule has 0 atom stereocenters. The van der Waals surface area contributed by atoms with E-state index in [-0.39, 0.29) is 0 Å². The predicted octanol–water partition coefficient (Wildman–Crippen LogP) is 3.36. The van der Waals surface area contributed by atoms with Gasteiger partial charge in [-0.1, -0.05) is 24.6 Å². The maximum atomic E-state index is 5.95. The van der Waals surface area contributed by atoms with E-state index in [1.807, 2.05) is 30.3 Å². The lowest BCUT2D eigenvalue weighted by atomic mass is 10.0. The average molecular weight is 219 g/mol. The highest BCUT2D eigenvalue weighted by atomic mass is 35.5. The first-order valence-electron chi connectivity index (χ1n) is 4.87. The van der Waals surface area contributed by atoms with Crippen molar-refractivity contribution in [3.05, 3.63) is 47.1 Å². The van der Waals surface area contributed by atoms with Crippen molar-refractivity contribution < 1.29 is 0 Å². The van der Waals surface area contributed by atoms with Gasteiger partial charge in [0.05, 0.1) is 5.69 Å². The Bertz CT molecular complexity index is 454. The van der Waals surface area contributed by atoms with Crippen LogP contribution in [-0.4, -0.2) is 10.2 Å². The number of rotatable bonds is 2. The van der Waals surface area contributed by atoms with Crippen molar-refractivity contribution in [1.29, 1.82) is 0 Å². The van der Waals surface area contributed by atoms with E-state index >= 15 is 0 Å². The Kier molecular flexibility index (Phi) is 2.97. The van der Waals surface area contributed by atoms with E-state index in [1.165, 1.54) is 5.56 Å². The molecular formula is C12H11ClN2. The first-order valence-corrected chi connectivity index (χ1v) is 5.25. The SMILES string of the molecule is CCc1cc(Cl)ccc1-c1cccnn1. The van der Waals surface area contributed by atoms with Crippen LogP contribution in [0, 0.1) is 0 Å². The second-order valence-corrected chi connectivity index (χ2v) is 3.70. The van der Waals surface area contributed by atoms with E-state index in [1.54, 1.807) is 6.20 Å². The van der Waals surface area contributed by atoms with Crippen molar-refractivity contribution in [2.24, 2.45) is 0 Å². The van der Waals surface area contributed by atoms with E-state index in [4.69, 9.17) is 11.6 Å². The number of nitrogens with zero attached hydrogens (tertiary/aromatic N) is 2. The summed E-state index contributed by atoms with van der Waals surface area (Å²) in [5.41, 5.74) is 3.20. The number of hydrogen-bond donors (Lipinski definition) is 0. The fourth-order valence-corrected chi connectivity index (χ4v) is 1.74. The summed E-state index contributed by atoms with van der Waals surface area (Å²) in [6.45, 7) is 2.10. The van der Waals surface area contributed by atoms with Gasteiger partial charge in [0.15, 0.2) is 0 Å². The number of hydrogen-bond acceptors (Lipinski definition) is 2. The van der Waals surface area contributed by atoms with Crippen molar-refractivity contribution in [2.45, 2.75) is 13.3 Å². The zero-order valence-electron chi connectivity index (χ0n) is 8.44. The normalized spacial score (nSPS) is 10.3. The Hall–Kier alpha value is -1.41. The summed E-state index contributed by atoms with van der Waals surface area (Å²) in [6, 6.07) is 9.69. The van der Waals surface area contributed by atoms with Crippen LogP contribution in [0.15, 0.2) is 36.5 Å². The molecule has 3 heteroatoms. The number of aryl methyl sites for hydroxylation is 1. The molecule has 0 fully saturated rings. The first kappa shape index (κ1) is 10.1. The van der Waals surface area contributed by atoms with Gasteiger partial charge in [-0.2, -0.15) is 10.2 Å². The van der Waals surface area contributed by atoms with Crippen molar-refractivity contribution in [1.82, 2.24) is 10.2 Å². The molecule has 0 N–H and O–H groups in total. The van der Waals surface area contributed by atoms with E-state index in [2.05, 4.69) is 17.1 Å². The quantitative estimate of drug-likeness (QED) is 0.773. The third-order valence-corrected chi connectivity index (χ3v) is 2.53. The highest BCUT2D eigenvalue weighted by molar-refractivity contribution is 6.30. The molecule has 1 aromatic heterocycles.